The summed E-state index contributed by atoms with van der Waals surface area (Å²) in [5.41, 5.74) is 51.4. The summed E-state index contributed by atoms with van der Waals surface area (Å²) in [6.45, 7) is 7.06. The number of nitrogens with zero attached hydrogens (tertiary/aromatic N) is 8. The Morgan fingerprint density at radius 1 is 0.544 bits per heavy atom. The summed E-state index contributed by atoms with van der Waals surface area (Å²) in [4.78, 5) is 23.3. The molecule has 3 aromatic rings. The number of aldehydes is 1. The van der Waals surface area contributed by atoms with E-state index >= 15 is 0 Å². The highest BCUT2D eigenvalue weighted by atomic mass is 16.1. The molecular weight excluding hydrogens is 729 g/mol. The Morgan fingerprint density at radius 3 is 1.26 bits per heavy atom. The van der Waals surface area contributed by atoms with Crippen LogP contribution in [-0.4, -0.2) is 65.9 Å². The summed E-state index contributed by atoms with van der Waals surface area (Å²) in [5, 5.41) is 36.6. The maximum Gasteiger partial charge on any atom is 0.224 e. The van der Waals surface area contributed by atoms with E-state index in [1.807, 2.05) is 55.6 Å². The molecule has 0 atom stereocenters. The van der Waals surface area contributed by atoms with E-state index in [-0.39, 0.29) is 36.2 Å². The molecule has 0 aliphatic rings. The summed E-state index contributed by atoms with van der Waals surface area (Å²) >= 11 is 0. The van der Waals surface area contributed by atoms with Gasteiger partial charge in [-0.25, -0.2) is 0 Å². The zero-order valence-corrected chi connectivity index (χ0v) is 32.7. The van der Waals surface area contributed by atoms with Gasteiger partial charge in [0.05, 0.1) is 22.8 Å². The van der Waals surface area contributed by atoms with Gasteiger partial charge >= 0.3 is 0 Å². The fraction of sp³-hybridized carbons (Fsp3) is 0.243. The minimum atomic E-state index is -0.172. The second-order valence-corrected chi connectivity index (χ2v) is 12.3. The Labute approximate surface area is 331 Å². The predicted octanol–water partition coefficient (Wildman–Crippen LogP) is 1.11. The Hall–Kier alpha value is -7.64. The number of hydrogen-bond acceptors (Lipinski definition) is 11. The Balaban J connectivity index is 0.000000438. The standard InChI is InChI=1S/C24H31N9O2.C13H21N9/c1-15(30-32-23(25)26)19-12-20(16(2)31-33-24(27)28)14-21(13-19)29-22(35)9-8-18-6-3-5-17(11-18)7-4-10-34;1-7(19-21-12(14)15)9-4-10(6-11(5-9)18-3)8(2)20-22-13(16)17/h3,5-6,10-14H,4,7-9H2,1-2H3,(H,29,35)(H4,25,26,32)(H4,27,28,33);4-6,18H,1-3H3,(H4,14,15,21)(H4,16,17,22)/b30-15+,31-16+;19-7+,20-8+. The van der Waals surface area contributed by atoms with Gasteiger partial charge in [0.15, 0.2) is 0 Å². The first-order chi connectivity index (χ1) is 27.0. The monoisotopic (exact) mass is 780 g/mol. The molecule has 1 amide bonds. The zero-order chi connectivity index (χ0) is 42.5. The van der Waals surface area contributed by atoms with E-state index in [2.05, 4.69) is 51.4 Å². The molecule has 20 heteroatoms. The first kappa shape index (κ1) is 45.5. The number of benzene rings is 3. The molecule has 57 heavy (non-hydrogen) atoms. The molecule has 302 valence electrons. The maximum absolute atomic E-state index is 12.7. The second kappa shape index (κ2) is 23.2. The molecule has 0 heterocycles. The molecule has 0 aliphatic carbocycles. The number of nitrogens with one attached hydrogen (secondary N) is 2. The maximum atomic E-state index is 12.7. The van der Waals surface area contributed by atoms with Gasteiger partial charge in [0, 0.05) is 53.5 Å². The highest BCUT2D eigenvalue weighted by molar-refractivity contribution is 6.07. The fourth-order valence-electron chi connectivity index (χ4n) is 4.72. The van der Waals surface area contributed by atoms with Crippen molar-refractivity contribution in [2.45, 2.75) is 53.4 Å². The van der Waals surface area contributed by atoms with Crippen molar-refractivity contribution in [3.05, 3.63) is 94.0 Å². The van der Waals surface area contributed by atoms with Crippen LogP contribution in [0.3, 0.4) is 0 Å². The van der Waals surface area contributed by atoms with Crippen LogP contribution < -0.4 is 56.5 Å². The van der Waals surface area contributed by atoms with Crippen molar-refractivity contribution in [2.75, 3.05) is 17.7 Å². The van der Waals surface area contributed by atoms with Crippen LogP contribution in [0.1, 0.15) is 73.9 Å². The third kappa shape index (κ3) is 17.4. The molecule has 0 aromatic heterocycles. The number of amides is 1. The lowest BCUT2D eigenvalue weighted by Crippen LogP contribution is -2.22. The lowest BCUT2D eigenvalue weighted by Gasteiger charge is -2.11. The van der Waals surface area contributed by atoms with E-state index in [1.54, 1.807) is 39.8 Å². The average molecular weight is 781 g/mol. The van der Waals surface area contributed by atoms with Crippen molar-refractivity contribution < 1.29 is 9.59 Å². The van der Waals surface area contributed by atoms with E-state index in [4.69, 9.17) is 45.9 Å². The second-order valence-electron chi connectivity index (χ2n) is 12.3. The molecule has 3 rings (SSSR count). The lowest BCUT2D eigenvalue weighted by molar-refractivity contribution is -0.116. The molecule has 0 bridgehead atoms. The number of carbonyl (C=O) groups excluding carboxylic acids is 2. The average Bonchev–Trinajstić information content (AvgIpc) is 3.18. The number of nitrogens with two attached hydrogens (primary N) is 8. The Morgan fingerprint density at radius 2 is 0.912 bits per heavy atom. The van der Waals surface area contributed by atoms with Gasteiger partial charge in [-0.15, -0.1) is 20.4 Å². The molecule has 0 saturated heterocycles. The van der Waals surface area contributed by atoms with Crippen LogP contribution in [0.25, 0.3) is 0 Å². The molecule has 0 spiro atoms. The van der Waals surface area contributed by atoms with Crippen LogP contribution in [0.15, 0.2) is 101 Å². The fourth-order valence-corrected chi connectivity index (χ4v) is 4.72. The summed E-state index contributed by atoms with van der Waals surface area (Å²) in [7, 11) is 1.81. The van der Waals surface area contributed by atoms with Gasteiger partial charge in [0.25, 0.3) is 0 Å². The lowest BCUT2D eigenvalue weighted by atomic mass is 10.0. The van der Waals surface area contributed by atoms with E-state index in [1.165, 1.54) is 0 Å². The van der Waals surface area contributed by atoms with Crippen molar-refractivity contribution in [1.82, 2.24) is 0 Å². The van der Waals surface area contributed by atoms with Gasteiger partial charge in [-0.05, 0) is 88.1 Å². The van der Waals surface area contributed by atoms with Gasteiger partial charge in [-0.2, -0.15) is 20.4 Å². The number of rotatable bonds is 16. The quantitative estimate of drug-likeness (QED) is 0.0425. The molecule has 0 fully saturated rings. The van der Waals surface area contributed by atoms with E-state index in [0.717, 1.165) is 34.2 Å². The smallest absolute Gasteiger partial charge is 0.224 e. The molecule has 18 N–H and O–H groups in total. The normalized spacial score (nSPS) is 11.6. The summed E-state index contributed by atoms with van der Waals surface area (Å²) in [5.74, 6) is -0.710. The summed E-state index contributed by atoms with van der Waals surface area (Å²) in [6, 6.07) is 18.9. The molecule has 3 aromatic carbocycles. The van der Waals surface area contributed by atoms with E-state index < -0.39 is 0 Å². The number of aryl methyl sites for hydroxylation is 2. The Kier molecular flexibility index (Phi) is 18.5. The first-order valence-corrected chi connectivity index (χ1v) is 17.3. The first-order valence-electron chi connectivity index (χ1n) is 17.3. The van der Waals surface area contributed by atoms with Crippen molar-refractivity contribution >= 4 is 70.3 Å². The SMILES string of the molecule is C/C(=N\N=C(N)N)c1cc(NC(=O)CCc2cccc(CCC=O)c2)cc(/C(C)=N/N=C(N)N)c1.CNc1cc(/C(C)=N/N=C(N)N)cc(/C(C)=N/N=C(N)N)c1. The van der Waals surface area contributed by atoms with Gasteiger partial charge in [0.2, 0.25) is 29.7 Å². The van der Waals surface area contributed by atoms with Gasteiger partial charge < -0.3 is 61.3 Å². The molecule has 0 saturated carbocycles. The third-order valence-corrected chi connectivity index (χ3v) is 7.55. The van der Waals surface area contributed by atoms with E-state index in [0.29, 0.717) is 58.9 Å². The van der Waals surface area contributed by atoms with Crippen LogP contribution in [0.2, 0.25) is 0 Å². The zero-order valence-electron chi connectivity index (χ0n) is 32.7. The van der Waals surface area contributed by atoms with Gasteiger partial charge in [0.1, 0.15) is 6.29 Å². The van der Waals surface area contributed by atoms with Crippen LogP contribution in [-0.2, 0) is 22.4 Å². The molecular formula is C37H52N18O2. The van der Waals surface area contributed by atoms with E-state index in [9.17, 15) is 9.59 Å². The number of hydrogen-bond donors (Lipinski definition) is 10. The number of guanidine groups is 4. The van der Waals surface area contributed by atoms with Crippen LogP contribution in [0.4, 0.5) is 11.4 Å². The Bertz CT molecular complexity index is 2010. The third-order valence-electron chi connectivity index (χ3n) is 7.55. The minimum Gasteiger partial charge on any atom is -0.388 e. The van der Waals surface area contributed by atoms with Crippen molar-refractivity contribution in [1.29, 1.82) is 0 Å². The van der Waals surface area contributed by atoms with Crippen LogP contribution in [0, 0.1) is 0 Å². The van der Waals surface area contributed by atoms with Gasteiger partial charge in [-0.1, -0.05) is 24.3 Å². The van der Waals surface area contributed by atoms with Crippen molar-refractivity contribution in [2.24, 2.45) is 86.7 Å². The van der Waals surface area contributed by atoms with Crippen molar-refractivity contribution in [3.8, 4) is 0 Å². The molecule has 0 unspecified atom stereocenters. The van der Waals surface area contributed by atoms with Crippen LogP contribution in [0.5, 0.6) is 0 Å². The highest BCUT2D eigenvalue weighted by Gasteiger charge is 2.11. The van der Waals surface area contributed by atoms with Crippen LogP contribution >= 0.6 is 0 Å². The topological polar surface area (TPSA) is 365 Å². The predicted molar refractivity (Wildman–Crippen MR) is 232 cm³/mol. The molecule has 20 nitrogen and oxygen atoms in total. The molecule has 0 aliphatic heterocycles. The van der Waals surface area contributed by atoms with Crippen molar-refractivity contribution in [3.63, 3.8) is 0 Å². The minimum absolute atomic E-state index is 0.102. The largest absolute Gasteiger partial charge is 0.388 e. The summed E-state index contributed by atoms with van der Waals surface area (Å²) < 4.78 is 0. The molecule has 0 radical (unpaired) electrons. The number of anilines is 2. The number of carbonyl (C=O) groups is 2. The summed E-state index contributed by atoms with van der Waals surface area (Å²) in [6.07, 6.45) is 2.89. The highest BCUT2D eigenvalue weighted by Crippen LogP contribution is 2.19. The van der Waals surface area contributed by atoms with Gasteiger partial charge in [-0.3, -0.25) is 4.79 Å².